The Kier molecular flexibility index (Phi) is 4.11. The molecule has 0 aliphatic heterocycles. The second-order valence-electron chi connectivity index (χ2n) is 5.60. The van der Waals surface area contributed by atoms with Gasteiger partial charge in [0.05, 0.1) is 6.54 Å². The lowest BCUT2D eigenvalue weighted by Crippen LogP contribution is -2.48. The molecule has 1 heterocycles. The Bertz CT molecular complexity index is 422. The van der Waals surface area contributed by atoms with E-state index in [0.29, 0.717) is 18.2 Å². The fourth-order valence-electron chi connectivity index (χ4n) is 1.25. The van der Waals surface area contributed by atoms with E-state index in [1.165, 1.54) is 0 Å². The van der Waals surface area contributed by atoms with Crippen LogP contribution in [0, 0.1) is 0 Å². The number of hydrogen-bond acceptors (Lipinski definition) is 5. The molecule has 1 rings (SSSR count). The van der Waals surface area contributed by atoms with Crippen molar-refractivity contribution in [1.82, 2.24) is 15.5 Å². The molecule has 6 heteroatoms. The number of aliphatic carboxylic acids is 1. The fraction of sp³-hybridized carbons (Fsp3) is 0.750. The molecule has 0 bridgehead atoms. The quantitative estimate of drug-likeness (QED) is 0.832. The largest absolute Gasteiger partial charge is 0.480 e. The number of hydrogen-bond donors (Lipinski definition) is 2. The van der Waals surface area contributed by atoms with E-state index in [2.05, 4.69) is 15.5 Å². The number of aromatic nitrogens is 2. The standard InChI is InChI=1S/C12H21N3O3/c1-6-12(5,10(16)17)13-7-8-14-15-9(18-8)11(2,3)4/h13H,6-7H2,1-5H3,(H,16,17). The van der Waals surface area contributed by atoms with E-state index in [1.807, 2.05) is 27.7 Å². The van der Waals surface area contributed by atoms with E-state index in [4.69, 9.17) is 9.52 Å². The summed E-state index contributed by atoms with van der Waals surface area (Å²) in [5.41, 5.74) is -1.18. The molecule has 0 aliphatic carbocycles. The Balaban J connectivity index is 2.70. The van der Waals surface area contributed by atoms with E-state index < -0.39 is 11.5 Å². The maximum atomic E-state index is 11.1. The van der Waals surface area contributed by atoms with Gasteiger partial charge in [-0.3, -0.25) is 10.1 Å². The Morgan fingerprint density at radius 3 is 2.33 bits per heavy atom. The van der Waals surface area contributed by atoms with Gasteiger partial charge in [-0.15, -0.1) is 10.2 Å². The van der Waals surface area contributed by atoms with Crippen molar-refractivity contribution in [1.29, 1.82) is 0 Å². The third kappa shape index (κ3) is 3.29. The first-order valence-corrected chi connectivity index (χ1v) is 6.00. The second kappa shape index (κ2) is 5.06. The molecule has 0 fully saturated rings. The van der Waals surface area contributed by atoms with Gasteiger partial charge in [0.1, 0.15) is 5.54 Å². The highest BCUT2D eigenvalue weighted by Crippen LogP contribution is 2.20. The molecule has 1 atom stereocenters. The van der Waals surface area contributed by atoms with Crippen LogP contribution < -0.4 is 5.32 Å². The SMILES string of the molecule is CCC(C)(NCc1nnc(C(C)(C)C)o1)C(=O)O. The Labute approximate surface area is 107 Å². The highest BCUT2D eigenvalue weighted by Gasteiger charge is 2.31. The summed E-state index contributed by atoms with van der Waals surface area (Å²) >= 11 is 0. The molecule has 1 unspecified atom stereocenters. The zero-order valence-electron chi connectivity index (χ0n) is 11.6. The number of carbonyl (C=O) groups is 1. The van der Waals surface area contributed by atoms with Crippen molar-refractivity contribution in [2.45, 2.75) is 58.5 Å². The van der Waals surface area contributed by atoms with Crippen LogP contribution in [0.15, 0.2) is 4.42 Å². The van der Waals surface area contributed by atoms with Gasteiger partial charge in [-0.05, 0) is 13.3 Å². The van der Waals surface area contributed by atoms with Crippen LogP contribution in [0.2, 0.25) is 0 Å². The lowest BCUT2D eigenvalue weighted by molar-refractivity contribution is -0.144. The first kappa shape index (κ1) is 14.6. The molecule has 1 aromatic rings. The lowest BCUT2D eigenvalue weighted by Gasteiger charge is -2.23. The summed E-state index contributed by atoms with van der Waals surface area (Å²) in [4.78, 5) is 11.1. The molecule has 1 aromatic heterocycles. The molecule has 6 nitrogen and oxygen atoms in total. The van der Waals surface area contributed by atoms with Gasteiger partial charge >= 0.3 is 5.97 Å². The smallest absolute Gasteiger partial charge is 0.323 e. The van der Waals surface area contributed by atoms with Gasteiger partial charge in [-0.2, -0.15) is 0 Å². The highest BCUT2D eigenvalue weighted by molar-refractivity contribution is 5.78. The molecular weight excluding hydrogens is 234 g/mol. The van der Waals surface area contributed by atoms with Crippen LogP contribution in [0.5, 0.6) is 0 Å². The van der Waals surface area contributed by atoms with E-state index >= 15 is 0 Å². The van der Waals surface area contributed by atoms with Gasteiger partial charge in [-0.25, -0.2) is 0 Å². The van der Waals surface area contributed by atoms with Gasteiger partial charge in [0.15, 0.2) is 0 Å². The first-order valence-electron chi connectivity index (χ1n) is 6.00. The molecule has 0 aliphatic rings. The van der Waals surface area contributed by atoms with Crippen LogP contribution in [-0.2, 0) is 16.8 Å². The fourth-order valence-corrected chi connectivity index (χ4v) is 1.25. The van der Waals surface area contributed by atoms with E-state index in [-0.39, 0.29) is 12.0 Å². The third-order valence-corrected chi connectivity index (χ3v) is 2.92. The van der Waals surface area contributed by atoms with Crippen LogP contribution in [0.4, 0.5) is 0 Å². The van der Waals surface area contributed by atoms with Crippen molar-refractivity contribution < 1.29 is 14.3 Å². The molecule has 0 aromatic carbocycles. The number of carboxylic acid groups (broad SMARTS) is 1. The highest BCUT2D eigenvalue weighted by atomic mass is 16.4. The maximum Gasteiger partial charge on any atom is 0.323 e. The van der Waals surface area contributed by atoms with Crippen molar-refractivity contribution in [3.63, 3.8) is 0 Å². The number of rotatable bonds is 5. The lowest BCUT2D eigenvalue weighted by atomic mass is 9.97. The monoisotopic (exact) mass is 255 g/mol. The van der Waals surface area contributed by atoms with Crippen LogP contribution in [-0.4, -0.2) is 26.8 Å². The number of nitrogens with zero attached hydrogens (tertiary/aromatic N) is 2. The molecule has 0 amide bonds. The predicted molar refractivity (Wildman–Crippen MR) is 66.2 cm³/mol. The summed E-state index contributed by atoms with van der Waals surface area (Å²) in [6.07, 6.45) is 0.475. The van der Waals surface area contributed by atoms with Crippen molar-refractivity contribution in [2.75, 3.05) is 0 Å². The molecule has 0 saturated heterocycles. The molecule has 0 radical (unpaired) electrons. The van der Waals surface area contributed by atoms with Crippen molar-refractivity contribution in [2.24, 2.45) is 0 Å². The summed E-state index contributed by atoms with van der Waals surface area (Å²) in [7, 11) is 0. The average molecular weight is 255 g/mol. The van der Waals surface area contributed by atoms with Gasteiger partial charge in [0, 0.05) is 5.41 Å². The Morgan fingerprint density at radius 1 is 1.33 bits per heavy atom. The van der Waals surface area contributed by atoms with Gasteiger partial charge in [-0.1, -0.05) is 27.7 Å². The zero-order valence-corrected chi connectivity index (χ0v) is 11.6. The maximum absolute atomic E-state index is 11.1. The summed E-state index contributed by atoms with van der Waals surface area (Å²) in [6.45, 7) is 9.63. The third-order valence-electron chi connectivity index (χ3n) is 2.92. The van der Waals surface area contributed by atoms with E-state index in [9.17, 15) is 4.79 Å². The Morgan fingerprint density at radius 2 is 1.94 bits per heavy atom. The van der Waals surface area contributed by atoms with Crippen molar-refractivity contribution in [3.05, 3.63) is 11.8 Å². The van der Waals surface area contributed by atoms with Crippen LogP contribution in [0.25, 0.3) is 0 Å². The van der Waals surface area contributed by atoms with Crippen LogP contribution in [0.3, 0.4) is 0 Å². The minimum absolute atomic E-state index is 0.202. The molecule has 2 N–H and O–H groups in total. The molecular formula is C12H21N3O3. The number of nitrogens with one attached hydrogen (secondary N) is 1. The first-order chi connectivity index (χ1) is 8.19. The number of carboxylic acids is 1. The minimum atomic E-state index is -0.976. The zero-order chi connectivity index (χ0) is 14.0. The molecule has 0 saturated carbocycles. The minimum Gasteiger partial charge on any atom is -0.480 e. The predicted octanol–water partition coefficient (Wildman–Crippen LogP) is 1.71. The summed E-state index contributed by atoms with van der Waals surface area (Å²) in [5.74, 6) is 0.0641. The summed E-state index contributed by atoms with van der Waals surface area (Å²) in [5, 5.41) is 19.9. The molecule has 18 heavy (non-hydrogen) atoms. The van der Waals surface area contributed by atoms with Crippen molar-refractivity contribution in [3.8, 4) is 0 Å². The topological polar surface area (TPSA) is 88.3 Å². The normalized spacial score (nSPS) is 15.4. The second-order valence-corrected chi connectivity index (χ2v) is 5.60. The molecule has 102 valence electrons. The summed E-state index contributed by atoms with van der Waals surface area (Å²) < 4.78 is 5.49. The van der Waals surface area contributed by atoms with E-state index in [0.717, 1.165) is 0 Å². The van der Waals surface area contributed by atoms with Crippen LogP contribution >= 0.6 is 0 Å². The van der Waals surface area contributed by atoms with Crippen molar-refractivity contribution >= 4 is 5.97 Å². The van der Waals surface area contributed by atoms with Gasteiger partial charge in [0.2, 0.25) is 11.8 Å². The van der Waals surface area contributed by atoms with Crippen LogP contribution in [0.1, 0.15) is 52.8 Å². The Hall–Kier alpha value is -1.43. The van der Waals surface area contributed by atoms with Gasteiger partial charge < -0.3 is 9.52 Å². The molecule has 0 spiro atoms. The average Bonchev–Trinajstić information content (AvgIpc) is 2.73. The van der Waals surface area contributed by atoms with Gasteiger partial charge in [0.25, 0.3) is 0 Å². The summed E-state index contributed by atoms with van der Waals surface area (Å²) in [6, 6.07) is 0. The van der Waals surface area contributed by atoms with E-state index in [1.54, 1.807) is 6.92 Å².